The van der Waals surface area contributed by atoms with Crippen LogP contribution in [0, 0.1) is 0 Å². The number of halogens is 1. The zero-order chi connectivity index (χ0) is 22.9. The summed E-state index contributed by atoms with van der Waals surface area (Å²) < 4.78 is 0. The minimum absolute atomic E-state index is 0. The van der Waals surface area contributed by atoms with Gasteiger partial charge in [-0.15, -0.1) is 11.8 Å². The van der Waals surface area contributed by atoms with Gasteiger partial charge in [0.2, 0.25) is 0 Å². The Labute approximate surface area is 220 Å². The van der Waals surface area contributed by atoms with E-state index >= 15 is 0 Å². The summed E-state index contributed by atoms with van der Waals surface area (Å²) in [6.07, 6.45) is 1.24. The van der Waals surface area contributed by atoms with Gasteiger partial charge in [-0.3, -0.25) is 0 Å². The first-order valence-corrected chi connectivity index (χ1v) is 14.7. The molecule has 1 unspecified atom stereocenters. The molecule has 1 atom stereocenters. The van der Waals surface area contributed by atoms with E-state index in [4.69, 9.17) is 0 Å². The van der Waals surface area contributed by atoms with Gasteiger partial charge in [-0.2, -0.15) is 0 Å². The molecule has 3 heteroatoms. The molecule has 0 nitrogen and oxygen atoms in total. The molecule has 174 valence electrons. The molecular weight excluding hydrogens is 515 g/mol. The van der Waals surface area contributed by atoms with Crippen LogP contribution in [-0.4, -0.2) is 5.75 Å². The molecule has 1 aliphatic heterocycles. The minimum atomic E-state index is -1.94. The lowest BCUT2D eigenvalue weighted by molar-refractivity contribution is -0.00000671. The predicted octanol–water partition coefficient (Wildman–Crippen LogP) is 4.52. The summed E-state index contributed by atoms with van der Waals surface area (Å²) >= 11 is 2.03. The molecule has 4 aromatic carbocycles. The second-order valence-electron chi connectivity index (χ2n) is 9.64. The Bertz CT molecular complexity index is 1130. The molecule has 4 aromatic rings. The first-order valence-electron chi connectivity index (χ1n) is 11.9. The Morgan fingerprint density at radius 1 is 0.706 bits per heavy atom. The van der Waals surface area contributed by atoms with Crippen LogP contribution in [0.5, 0.6) is 0 Å². The molecule has 0 aromatic heterocycles. The van der Waals surface area contributed by atoms with Gasteiger partial charge in [0.1, 0.15) is 28.8 Å². The van der Waals surface area contributed by atoms with Crippen molar-refractivity contribution in [2.24, 2.45) is 0 Å². The summed E-state index contributed by atoms with van der Waals surface area (Å²) in [5, 5.41) is 4.34. The maximum atomic E-state index is 2.51. The first-order chi connectivity index (χ1) is 16.0. The van der Waals surface area contributed by atoms with Gasteiger partial charge in [0, 0.05) is 4.90 Å². The van der Waals surface area contributed by atoms with E-state index in [-0.39, 0.29) is 22.4 Å². The minimum Gasteiger partial charge on any atom is -1.00 e. The summed E-state index contributed by atoms with van der Waals surface area (Å²) in [7, 11) is -1.94. The molecule has 1 heterocycles. The van der Waals surface area contributed by atoms with Crippen LogP contribution in [0.3, 0.4) is 0 Å². The van der Waals surface area contributed by atoms with Gasteiger partial charge in [0.15, 0.2) is 0 Å². The zero-order valence-electron chi connectivity index (χ0n) is 20.1. The zero-order valence-corrected chi connectivity index (χ0v) is 23.4. The fourth-order valence-corrected chi connectivity index (χ4v) is 11.7. The average Bonchev–Trinajstić information content (AvgIpc) is 2.86. The Hall–Kier alpha value is -1.86. The van der Waals surface area contributed by atoms with Crippen molar-refractivity contribution >= 4 is 34.9 Å². The van der Waals surface area contributed by atoms with E-state index in [0.717, 1.165) is 0 Å². The molecule has 0 amide bonds. The largest absolute Gasteiger partial charge is 1.00 e. The summed E-state index contributed by atoms with van der Waals surface area (Å²) in [6.45, 7) is 7.24. The fraction of sp³-hybridized carbons (Fsp3) is 0.226. The molecule has 0 saturated carbocycles. The number of hydrogen-bond donors (Lipinski definition) is 0. The second-order valence-corrected chi connectivity index (χ2v) is 14.5. The van der Waals surface area contributed by atoms with Gasteiger partial charge >= 0.3 is 0 Å². The first kappa shape index (κ1) is 25.2. The third-order valence-electron chi connectivity index (χ3n) is 7.27. The Morgan fingerprint density at radius 2 is 1.18 bits per heavy atom. The molecule has 0 N–H and O–H groups in total. The number of fused-ring (bicyclic) bond motifs is 1. The van der Waals surface area contributed by atoms with E-state index < -0.39 is 7.26 Å². The molecule has 0 saturated heterocycles. The molecule has 0 fully saturated rings. The van der Waals surface area contributed by atoms with Gasteiger partial charge in [0.25, 0.3) is 0 Å². The van der Waals surface area contributed by atoms with E-state index in [2.05, 4.69) is 130 Å². The normalized spacial score (nSPS) is 15.6. The van der Waals surface area contributed by atoms with E-state index in [1.807, 2.05) is 11.8 Å². The summed E-state index contributed by atoms with van der Waals surface area (Å²) in [6, 6.07) is 41.1. The molecule has 0 radical (unpaired) electrons. The van der Waals surface area contributed by atoms with Crippen LogP contribution < -0.4 is 32.9 Å². The molecule has 0 aliphatic carbocycles. The fourth-order valence-electron chi connectivity index (χ4n) is 5.36. The summed E-state index contributed by atoms with van der Waals surface area (Å²) in [5.41, 5.74) is 3.58. The average molecular weight is 548 g/mol. The van der Waals surface area contributed by atoms with E-state index in [0.29, 0.717) is 5.66 Å². The second kappa shape index (κ2) is 10.4. The third kappa shape index (κ3) is 4.41. The van der Waals surface area contributed by atoms with Gasteiger partial charge in [-0.25, -0.2) is 0 Å². The van der Waals surface area contributed by atoms with Gasteiger partial charge in [0.05, 0.1) is 0 Å². The smallest absolute Gasteiger partial charge is 0.119 e. The monoisotopic (exact) mass is 546 g/mol. The van der Waals surface area contributed by atoms with Crippen molar-refractivity contribution in [3.63, 3.8) is 0 Å². The van der Waals surface area contributed by atoms with Crippen molar-refractivity contribution in [3.05, 3.63) is 120 Å². The highest BCUT2D eigenvalue weighted by Gasteiger charge is 2.51. The Morgan fingerprint density at radius 3 is 1.65 bits per heavy atom. The van der Waals surface area contributed by atoms with Crippen LogP contribution in [0.25, 0.3) is 0 Å². The van der Waals surface area contributed by atoms with Crippen LogP contribution in [0.2, 0.25) is 0 Å². The van der Waals surface area contributed by atoms with Crippen LogP contribution in [0.15, 0.2) is 114 Å². The van der Waals surface area contributed by atoms with Crippen molar-refractivity contribution < 1.29 is 17.0 Å². The van der Waals surface area contributed by atoms with Crippen LogP contribution in [0.1, 0.15) is 44.0 Å². The lowest BCUT2D eigenvalue weighted by Gasteiger charge is -2.35. The van der Waals surface area contributed by atoms with Gasteiger partial charge in [-0.1, -0.05) is 80.6 Å². The highest BCUT2D eigenvalue weighted by Crippen LogP contribution is 2.66. The number of hydrogen-bond acceptors (Lipinski definition) is 1. The highest BCUT2D eigenvalue weighted by molar-refractivity contribution is 7.99. The van der Waals surface area contributed by atoms with Crippen LogP contribution in [-0.2, 0) is 5.41 Å². The maximum absolute atomic E-state index is 2.51. The number of benzene rings is 4. The van der Waals surface area contributed by atoms with Crippen LogP contribution >= 0.6 is 19.0 Å². The maximum Gasteiger partial charge on any atom is 0.119 e. The Balaban J connectivity index is 0.00000274. The van der Waals surface area contributed by atoms with E-state index in [1.54, 1.807) is 0 Å². The predicted molar refractivity (Wildman–Crippen MR) is 148 cm³/mol. The van der Waals surface area contributed by atoms with Crippen LogP contribution in [0.4, 0.5) is 0 Å². The standard InChI is InChI=1S/C31H32PS.BrH/c1-24(25-19-20-29-30(23-25)33-22-21-31(29,2)3)32(26-13-7-4-8-14-26,27-15-9-5-10-16-27)28-17-11-6-12-18-28;/h4-20,23-24H,21-22H2,1-3H3;1H/q+1;/p-1. The quantitative estimate of drug-likeness (QED) is 0.332. The topological polar surface area (TPSA) is 0 Å². The lowest BCUT2D eigenvalue weighted by Crippen LogP contribution is -3.00. The summed E-state index contributed by atoms with van der Waals surface area (Å²) in [4.78, 5) is 1.47. The van der Waals surface area contributed by atoms with Crippen molar-refractivity contribution in [1.29, 1.82) is 0 Å². The summed E-state index contributed by atoms with van der Waals surface area (Å²) in [5.74, 6) is 1.20. The number of rotatable bonds is 5. The third-order valence-corrected chi connectivity index (χ3v) is 13.1. The molecule has 0 bridgehead atoms. The van der Waals surface area contributed by atoms with Crippen molar-refractivity contribution in [2.75, 3.05) is 5.75 Å². The molecule has 34 heavy (non-hydrogen) atoms. The highest BCUT2D eigenvalue weighted by atomic mass is 79.9. The molecule has 1 aliphatic rings. The van der Waals surface area contributed by atoms with Gasteiger partial charge in [-0.05, 0) is 78.1 Å². The van der Waals surface area contributed by atoms with Crippen molar-refractivity contribution in [3.8, 4) is 0 Å². The number of thioether (sulfide) groups is 1. The van der Waals surface area contributed by atoms with E-state index in [9.17, 15) is 0 Å². The lowest BCUT2D eigenvalue weighted by atomic mass is 9.81. The SMILES string of the molecule is CC(c1ccc2c(c1)SCCC2(C)C)[P+](c1ccccc1)(c1ccccc1)c1ccccc1.[Br-]. The molecule has 5 rings (SSSR count). The molecular formula is C31H32BrPS. The molecule has 0 spiro atoms. The van der Waals surface area contributed by atoms with Crippen molar-refractivity contribution in [2.45, 2.75) is 43.2 Å². The van der Waals surface area contributed by atoms with Crippen molar-refractivity contribution in [1.82, 2.24) is 0 Å². The van der Waals surface area contributed by atoms with Gasteiger partial charge < -0.3 is 17.0 Å². The van der Waals surface area contributed by atoms with E-state index in [1.165, 1.54) is 44.1 Å². The Kier molecular flexibility index (Phi) is 7.72.